The van der Waals surface area contributed by atoms with Crippen molar-refractivity contribution in [1.29, 1.82) is 0 Å². The predicted molar refractivity (Wildman–Crippen MR) is 64.2 cm³/mol. The fourth-order valence-corrected chi connectivity index (χ4v) is 2.21. The summed E-state index contributed by atoms with van der Waals surface area (Å²) in [6.07, 6.45) is 3.96. The molecule has 0 aliphatic carbocycles. The zero-order valence-electron chi connectivity index (χ0n) is 10.7. The minimum Gasteiger partial charge on any atom is -0.400 e. The van der Waals surface area contributed by atoms with Crippen molar-refractivity contribution in [2.45, 2.75) is 51.7 Å². The lowest BCUT2D eigenvalue weighted by atomic mass is 9.75. The van der Waals surface area contributed by atoms with Gasteiger partial charge in [0.05, 0.1) is 24.4 Å². The van der Waals surface area contributed by atoms with Crippen LogP contribution < -0.4 is 0 Å². The van der Waals surface area contributed by atoms with E-state index in [9.17, 15) is 0 Å². The standard InChI is InChI=1S/C12H21BO3/c1-5-12(4)11(2,3)15-13(16-12)10-6-8-14-9-7-10/h6H,5,7-9H2,1-4H3. The van der Waals surface area contributed by atoms with Crippen LogP contribution in [0.25, 0.3) is 0 Å². The predicted octanol–water partition coefficient (Wildman–Crippen LogP) is 2.35. The van der Waals surface area contributed by atoms with Gasteiger partial charge in [0.25, 0.3) is 0 Å². The number of rotatable bonds is 2. The van der Waals surface area contributed by atoms with E-state index in [1.54, 1.807) is 0 Å². The van der Waals surface area contributed by atoms with Crippen molar-refractivity contribution in [1.82, 2.24) is 0 Å². The van der Waals surface area contributed by atoms with Gasteiger partial charge in [-0.3, -0.25) is 0 Å². The highest BCUT2D eigenvalue weighted by Gasteiger charge is 2.53. The van der Waals surface area contributed by atoms with Gasteiger partial charge in [-0.05, 0) is 39.1 Å². The molecule has 0 amide bonds. The molecule has 2 heterocycles. The molecule has 0 aromatic rings. The van der Waals surface area contributed by atoms with E-state index in [0.717, 1.165) is 19.4 Å². The first kappa shape index (κ1) is 12.2. The second-order valence-corrected chi connectivity index (χ2v) is 5.27. The third-order valence-electron chi connectivity index (χ3n) is 4.02. The van der Waals surface area contributed by atoms with Crippen LogP contribution in [0.5, 0.6) is 0 Å². The third kappa shape index (κ3) is 1.94. The average molecular weight is 224 g/mol. The maximum absolute atomic E-state index is 6.11. The third-order valence-corrected chi connectivity index (χ3v) is 4.02. The van der Waals surface area contributed by atoms with Gasteiger partial charge in [0, 0.05) is 0 Å². The molecule has 90 valence electrons. The van der Waals surface area contributed by atoms with E-state index in [1.807, 2.05) is 0 Å². The molecule has 16 heavy (non-hydrogen) atoms. The molecule has 0 N–H and O–H groups in total. The molecule has 0 bridgehead atoms. The normalized spacial score (nSPS) is 34.0. The maximum Gasteiger partial charge on any atom is 0.490 e. The molecule has 0 radical (unpaired) electrons. The zero-order chi connectivity index (χ0) is 11.8. The Morgan fingerprint density at radius 3 is 2.56 bits per heavy atom. The Morgan fingerprint density at radius 2 is 2.06 bits per heavy atom. The molecule has 3 nitrogen and oxygen atoms in total. The van der Waals surface area contributed by atoms with Crippen LogP contribution in [0.1, 0.15) is 40.5 Å². The fourth-order valence-electron chi connectivity index (χ4n) is 2.21. The van der Waals surface area contributed by atoms with Gasteiger partial charge in [0.2, 0.25) is 0 Å². The Morgan fingerprint density at radius 1 is 1.31 bits per heavy atom. The Labute approximate surface area is 98.3 Å². The molecule has 1 atom stereocenters. The highest BCUT2D eigenvalue weighted by Crippen LogP contribution is 2.41. The van der Waals surface area contributed by atoms with Crippen LogP contribution in [0.3, 0.4) is 0 Å². The van der Waals surface area contributed by atoms with Crippen molar-refractivity contribution >= 4 is 7.12 Å². The highest BCUT2D eigenvalue weighted by atomic mass is 16.7. The number of hydrogen-bond donors (Lipinski definition) is 0. The fraction of sp³-hybridized carbons (Fsp3) is 0.833. The van der Waals surface area contributed by atoms with E-state index < -0.39 is 0 Å². The molecule has 2 aliphatic heterocycles. The molecule has 1 unspecified atom stereocenters. The van der Waals surface area contributed by atoms with Gasteiger partial charge in [-0.2, -0.15) is 0 Å². The van der Waals surface area contributed by atoms with Gasteiger partial charge in [0.15, 0.2) is 0 Å². The summed E-state index contributed by atoms with van der Waals surface area (Å²) in [4.78, 5) is 0. The molecule has 0 aromatic carbocycles. The largest absolute Gasteiger partial charge is 0.490 e. The van der Waals surface area contributed by atoms with Crippen molar-refractivity contribution in [2.24, 2.45) is 0 Å². The topological polar surface area (TPSA) is 27.7 Å². The van der Waals surface area contributed by atoms with E-state index in [-0.39, 0.29) is 18.3 Å². The van der Waals surface area contributed by atoms with Crippen LogP contribution in [0.4, 0.5) is 0 Å². The smallest absolute Gasteiger partial charge is 0.400 e. The maximum atomic E-state index is 6.11. The van der Waals surface area contributed by atoms with E-state index in [4.69, 9.17) is 14.0 Å². The van der Waals surface area contributed by atoms with E-state index in [2.05, 4.69) is 33.8 Å². The molecule has 0 spiro atoms. The van der Waals surface area contributed by atoms with Gasteiger partial charge in [-0.25, -0.2) is 0 Å². The summed E-state index contributed by atoms with van der Waals surface area (Å²) in [6.45, 7) is 9.95. The van der Waals surface area contributed by atoms with Crippen molar-refractivity contribution in [3.8, 4) is 0 Å². The van der Waals surface area contributed by atoms with Gasteiger partial charge in [0.1, 0.15) is 0 Å². The van der Waals surface area contributed by atoms with Crippen LogP contribution in [0.15, 0.2) is 11.5 Å². The first-order chi connectivity index (χ1) is 7.48. The number of hydrogen-bond acceptors (Lipinski definition) is 3. The molecule has 0 saturated carbocycles. The Hall–Kier alpha value is -0.315. The van der Waals surface area contributed by atoms with Crippen molar-refractivity contribution in [3.63, 3.8) is 0 Å². The molecular formula is C12H21BO3. The second kappa shape index (κ2) is 4.17. The Bertz CT molecular complexity index is 301. The lowest BCUT2D eigenvalue weighted by Gasteiger charge is -2.35. The van der Waals surface area contributed by atoms with Crippen molar-refractivity contribution < 1.29 is 14.0 Å². The first-order valence-corrected chi connectivity index (χ1v) is 6.11. The quantitative estimate of drug-likeness (QED) is 0.674. The summed E-state index contributed by atoms with van der Waals surface area (Å²) in [5.74, 6) is 0. The highest BCUT2D eigenvalue weighted by molar-refractivity contribution is 6.54. The van der Waals surface area contributed by atoms with Gasteiger partial charge in [-0.15, -0.1) is 0 Å². The second-order valence-electron chi connectivity index (χ2n) is 5.27. The van der Waals surface area contributed by atoms with Crippen LogP contribution >= 0.6 is 0 Å². The summed E-state index contributed by atoms with van der Waals surface area (Å²) >= 11 is 0. The molecule has 0 aromatic heterocycles. The minimum absolute atomic E-state index is 0.177. The zero-order valence-corrected chi connectivity index (χ0v) is 10.7. The molecule has 1 saturated heterocycles. The minimum atomic E-state index is -0.231. The van der Waals surface area contributed by atoms with E-state index in [0.29, 0.717) is 6.61 Å². The lowest BCUT2D eigenvalue weighted by Crippen LogP contribution is -2.44. The van der Waals surface area contributed by atoms with Crippen molar-refractivity contribution in [3.05, 3.63) is 11.5 Å². The molecule has 1 fully saturated rings. The molecule has 2 rings (SSSR count). The summed E-state index contributed by atoms with van der Waals surface area (Å²) < 4.78 is 17.5. The summed E-state index contributed by atoms with van der Waals surface area (Å²) in [5.41, 5.74) is 0.805. The van der Waals surface area contributed by atoms with Crippen molar-refractivity contribution in [2.75, 3.05) is 13.2 Å². The number of ether oxygens (including phenoxy) is 1. The van der Waals surface area contributed by atoms with Crippen LogP contribution in [-0.2, 0) is 14.0 Å². The van der Waals surface area contributed by atoms with Crippen LogP contribution in [0, 0.1) is 0 Å². The van der Waals surface area contributed by atoms with E-state index in [1.165, 1.54) is 5.47 Å². The molecular weight excluding hydrogens is 203 g/mol. The van der Waals surface area contributed by atoms with Crippen LogP contribution in [-0.4, -0.2) is 31.5 Å². The summed E-state index contributed by atoms with van der Waals surface area (Å²) in [6, 6.07) is 0. The average Bonchev–Trinajstić information content (AvgIpc) is 2.52. The lowest BCUT2D eigenvalue weighted by molar-refractivity contribution is -0.0118. The summed E-state index contributed by atoms with van der Waals surface area (Å²) in [5, 5.41) is 0. The molecule has 4 heteroatoms. The SMILES string of the molecule is CCC1(C)OB(C2=CCOCC2)OC1(C)C. The van der Waals surface area contributed by atoms with Gasteiger partial charge >= 0.3 is 7.12 Å². The Kier molecular flexibility index (Phi) is 3.17. The first-order valence-electron chi connectivity index (χ1n) is 6.11. The van der Waals surface area contributed by atoms with Gasteiger partial charge in [-0.1, -0.05) is 13.0 Å². The summed E-state index contributed by atoms with van der Waals surface area (Å²) in [7, 11) is -0.177. The molecule has 2 aliphatic rings. The van der Waals surface area contributed by atoms with Crippen LogP contribution in [0.2, 0.25) is 0 Å². The van der Waals surface area contributed by atoms with E-state index >= 15 is 0 Å². The monoisotopic (exact) mass is 224 g/mol. The Balaban J connectivity index is 2.14. The van der Waals surface area contributed by atoms with Gasteiger partial charge < -0.3 is 14.0 Å².